The largest absolute Gasteiger partial charge is 0.465 e. The topological polar surface area (TPSA) is 35.5 Å². The molecule has 0 aromatic heterocycles. The van der Waals surface area contributed by atoms with E-state index < -0.39 is 25.4 Å². The molecule has 0 amide bonds. The smallest absolute Gasteiger partial charge is 0.384 e. The molecule has 0 atom stereocenters. The summed E-state index contributed by atoms with van der Waals surface area (Å²) in [4.78, 5) is 12.3. The molecule has 19 heavy (non-hydrogen) atoms. The molecule has 1 rings (SSSR count). The van der Waals surface area contributed by atoms with Crippen LogP contribution in [0.4, 0.5) is 13.2 Å². The van der Waals surface area contributed by atoms with Crippen LogP contribution in [0.25, 0.3) is 0 Å². The summed E-state index contributed by atoms with van der Waals surface area (Å²) in [5.74, 6) is -0.658. The highest BCUT2D eigenvalue weighted by molar-refractivity contribution is 7.98. The van der Waals surface area contributed by atoms with Crippen LogP contribution in [0, 0.1) is 0 Å². The van der Waals surface area contributed by atoms with Crippen LogP contribution in [0.5, 0.6) is 0 Å². The zero-order chi connectivity index (χ0) is 14.5. The lowest BCUT2D eigenvalue weighted by Crippen LogP contribution is -2.23. The number of methoxy groups -OCH3 is 1. The molecule has 0 aliphatic rings. The number of hydrogen-bond acceptors (Lipinski definition) is 4. The number of ether oxygens (including phenoxy) is 2. The number of carbonyl (C=O) groups excluding carboxylic acids is 1. The third kappa shape index (κ3) is 4.43. The molecule has 0 N–H and O–H groups in total. The van der Waals surface area contributed by atoms with E-state index in [1.165, 1.54) is 31.0 Å². The summed E-state index contributed by atoms with van der Waals surface area (Å²) < 4.78 is 46.1. The van der Waals surface area contributed by atoms with Crippen LogP contribution < -0.4 is 0 Å². The predicted octanol–water partition coefficient (Wildman–Crippen LogP) is 3.27. The summed E-state index contributed by atoms with van der Waals surface area (Å²) in [6.07, 6.45) is -2.06. The summed E-state index contributed by atoms with van der Waals surface area (Å²) in [7, 11) is 1.19. The van der Waals surface area contributed by atoms with E-state index in [1.54, 1.807) is 12.3 Å². The Morgan fingerprint density at radius 1 is 1.42 bits per heavy atom. The van der Waals surface area contributed by atoms with E-state index in [-0.39, 0.29) is 11.1 Å². The first-order chi connectivity index (χ1) is 8.93. The number of esters is 1. The van der Waals surface area contributed by atoms with Crippen molar-refractivity contribution >= 4 is 17.7 Å². The maximum absolute atomic E-state index is 12.7. The van der Waals surface area contributed by atoms with E-state index in [2.05, 4.69) is 9.47 Å². The van der Waals surface area contributed by atoms with Gasteiger partial charge in [0.1, 0.15) is 0 Å². The first-order valence-corrected chi connectivity index (χ1v) is 6.49. The Balaban J connectivity index is 2.98. The molecule has 3 nitrogen and oxygen atoms in total. The van der Waals surface area contributed by atoms with Crippen LogP contribution in [0.15, 0.2) is 23.1 Å². The summed E-state index contributed by atoms with van der Waals surface area (Å²) in [6.45, 7) is -2.49. The second-order valence-electron chi connectivity index (χ2n) is 3.57. The molecule has 0 saturated heterocycles. The second-order valence-corrected chi connectivity index (χ2v) is 4.45. The normalized spacial score (nSPS) is 11.4. The lowest BCUT2D eigenvalue weighted by Gasteiger charge is -2.15. The average Bonchev–Trinajstić information content (AvgIpc) is 2.44. The van der Waals surface area contributed by atoms with Gasteiger partial charge in [0, 0.05) is 4.90 Å². The van der Waals surface area contributed by atoms with Gasteiger partial charge in [-0.15, -0.1) is 11.8 Å². The fourth-order valence-corrected chi connectivity index (χ4v) is 1.81. The second kappa shape index (κ2) is 6.81. The fraction of sp³-hybridized carbons (Fsp3) is 0.417. The molecule has 7 heteroatoms. The van der Waals surface area contributed by atoms with E-state index in [0.717, 1.165) is 4.90 Å². The minimum atomic E-state index is -3.86. The SMILES string of the molecule is COC(=O)c1ccc(SC)cc1COC(F)(F)CF. The van der Waals surface area contributed by atoms with Crippen molar-refractivity contribution in [2.24, 2.45) is 0 Å². The van der Waals surface area contributed by atoms with E-state index in [0.29, 0.717) is 0 Å². The van der Waals surface area contributed by atoms with Gasteiger partial charge in [-0.2, -0.15) is 8.78 Å². The molecule has 0 bridgehead atoms. The minimum Gasteiger partial charge on any atom is -0.465 e. The summed E-state index contributed by atoms with van der Waals surface area (Å²) in [5.41, 5.74) is 0.349. The highest BCUT2D eigenvalue weighted by atomic mass is 32.2. The van der Waals surface area contributed by atoms with E-state index in [4.69, 9.17) is 0 Å². The van der Waals surface area contributed by atoms with Crippen molar-refractivity contribution in [3.8, 4) is 0 Å². The third-order valence-electron chi connectivity index (χ3n) is 2.31. The lowest BCUT2D eigenvalue weighted by molar-refractivity contribution is -0.252. The van der Waals surface area contributed by atoms with E-state index in [1.807, 2.05) is 0 Å². The summed E-state index contributed by atoms with van der Waals surface area (Å²) >= 11 is 1.38. The van der Waals surface area contributed by atoms with Crippen molar-refractivity contribution in [2.45, 2.75) is 17.6 Å². The molecule has 0 aliphatic heterocycles. The summed E-state index contributed by atoms with van der Waals surface area (Å²) in [5, 5.41) is 0. The van der Waals surface area contributed by atoms with Crippen molar-refractivity contribution in [3.63, 3.8) is 0 Å². The van der Waals surface area contributed by atoms with Crippen LogP contribution in [0.1, 0.15) is 15.9 Å². The minimum absolute atomic E-state index is 0.120. The van der Waals surface area contributed by atoms with E-state index >= 15 is 0 Å². The zero-order valence-corrected chi connectivity index (χ0v) is 11.2. The Labute approximate surface area is 113 Å². The first kappa shape index (κ1) is 15.8. The maximum atomic E-state index is 12.7. The van der Waals surface area contributed by atoms with Gasteiger partial charge in [-0.3, -0.25) is 0 Å². The van der Waals surface area contributed by atoms with Gasteiger partial charge in [-0.1, -0.05) is 0 Å². The van der Waals surface area contributed by atoms with Crippen molar-refractivity contribution in [2.75, 3.05) is 20.0 Å². The van der Waals surface area contributed by atoms with Gasteiger partial charge < -0.3 is 9.47 Å². The molecule has 0 radical (unpaired) electrons. The quantitative estimate of drug-likeness (QED) is 0.596. The zero-order valence-electron chi connectivity index (χ0n) is 10.4. The number of alkyl halides is 3. The van der Waals surface area contributed by atoms with Gasteiger partial charge >= 0.3 is 12.1 Å². The Bertz CT molecular complexity index is 452. The Morgan fingerprint density at radius 3 is 2.63 bits per heavy atom. The third-order valence-corrected chi connectivity index (χ3v) is 3.04. The van der Waals surface area contributed by atoms with Gasteiger partial charge in [0.25, 0.3) is 0 Å². The predicted molar refractivity (Wildman–Crippen MR) is 65.3 cm³/mol. The maximum Gasteiger partial charge on any atom is 0.384 e. The van der Waals surface area contributed by atoms with Crippen LogP contribution >= 0.6 is 11.8 Å². The van der Waals surface area contributed by atoms with Crippen LogP contribution in [-0.4, -0.2) is 32.1 Å². The molecule has 0 spiro atoms. The van der Waals surface area contributed by atoms with E-state index in [9.17, 15) is 18.0 Å². The molecule has 0 heterocycles. The molecular weight excluding hydrogens is 281 g/mol. The van der Waals surface area contributed by atoms with Gasteiger partial charge in [0.2, 0.25) is 0 Å². The van der Waals surface area contributed by atoms with Crippen molar-refractivity contribution in [1.82, 2.24) is 0 Å². The Kier molecular flexibility index (Phi) is 5.68. The molecule has 0 fully saturated rings. The van der Waals surface area contributed by atoms with Crippen LogP contribution in [0.2, 0.25) is 0 Å². The van der Waals surface area contributed by atoms with Gasteiger partial charge in [-0.25, -0.2) is 9.18 Å². The molecule has 0 saturated carbocycles. The monoisotopic (exact) mass is 294 g/mol. The first-order valence-electron chi connectivity index (χ1n) is 5.26. The molecular formula is C12H13F3O3S. The fourth-order valence-electron chi connectivity index (χ4n) is 1.35. The van der Waals surface area contributed by atoms with Crippen LogP contribution in [-0.2, 0) is 16.1 Å². The lowest BCUT2D eigenvalue weighted by atomic mass is 10.1. The number of hydrogen-bond donors (Lipinski definition) is 0. The average molecular weight is 294 g/mol. The van der Waals surface area contributed by atoms with Crippen molar-refractivity contribution in [1.29, 1.82) is 0 Å². The number of rotatable bonds is 6. The molecule has 1 aromatic rings. The standard InChI is InChI=1S/C12H13F3O3S/c1-17-11(16)10-4-3-9(19-2)5-8(10)6-18-12(14,15)7-13/h3-5H,6-7H2,1-2H3. The number of carbonyl (C=O) groups is 1. The van der Waals surface area contributed by atoms with Crippen molar-refractivity contribution in [3.05, 3.63) is 29.3 Å². The number of halogens is 3. The Morgan fingerprint density at radius 2 is 2.11 bits per heavy atom. The highest BCUT2D eigenvalue weighted by Gasteiger charge is 2.30. The number of benzene rings is 1. The number of thioether (sulfide) groups is 1. The van der Waals surface area contributed by atoms with Crippen molar-refractivity contribution < 1.29 is 27.4 Å². The summed E-state index contributed by atoms with van der Waals surface area (Å²) in [6, 6.07) is 4.66. The van der Waals surface area contributed by atoms with Gasteiger partial charge in [-0.05, 0) is 30.0 Å². The molecule has 0 aliphatic carbocycles. The molecule has 0 unspecified atom stereocenters. The highest BCUT2D eigenvalue weighted by Crippen LogP contribution is 2.24. The molecule has 106 valence electrons. The van der Waals surface area contributed by atoms with Crippen LogP contribution in [0.3, 0.4) is 0 Å². The Hall–Kier alpha value is -1.21. The van der Waals surface area contributed by atoms with Gasteiger partial charge in [0.05, 0.1) is 19.3 Å². The van der Waals surface area contributed by atoms with Gasteiger partial charge in [0.15, 0.2) is 6.67 Å². The molecule has 1 aromatic carbocycles.